The Morgan fingerprint density at radius 1 is 1.04 bits per heavy atom. The number of aromatic nitrogens is 1. The van der Waals surface area contributed by atoms with Gasteiger partial charge in [0, 0.05) is 25.0 Å². The number of likely N-dealkylation sites (N-methyl/N-ethyl adjacent to an activating group) is 1. The Balaban J connectivity index is 2.09. The number of carbonyl (C=O) groups excluding carboxylic acids is 2. The fourth-order valence-electron chi connectivity index (χ4n) is 2.90. The lowest BCUT2D eigenvalue weighted by molar-refractivity contribution is -0.137. The zero-order valence-electron chi connectivity index (χ0n) is 16.3. The van der Waals surface area contributed by atoms with E-state index < -0.39 is 12.1 Å². The SMILES string of the molecule is COc1ccc2nc(-c3ccccc3)cc(C(=O)O[C@H](C)C(=O)N(C)C)c2c1. The van der Waals surface area contributed by atoms with Gasteiger partial charge in [0.25, 0.3) is 5.91 Å². The molecule has 0 spiro atoms. The average molecular weight is 378 g/mol. The zero-order valence-corrected chi connectivity index (χ0v) is 16.3. The van der Waals surface area contributed by atoms with Crippen LogP contribution in [-0.4, -0.2) is 49.1 Å². The number of nitrogens with zero attached hydrogens (tertiary/aromatic N) is 2. The van der Waals surface area contributed by atoms with E-state index in [9.17, 15) is 9.59 Å². The summed E-state index contributed by atoms with van der Waals surface area (Å²) in [4.78, 5) is 31.1. The number of methoxy groups -OCH3 is 1. The highest BCUT2D eigenvalue weighted by atomic mass is 16.5. The minimum absolute atomic E-state index is 0.285. The number of fused-ring (bicyclic) bond motifs is 1. The third-order valence-electron chi connectivity index (χ3n) is 4.38. The molecule has 0 fully saturated rings. The van der Waals surface area contributed by atoms with Crippen LogP contribution in [-0.2, 0) is 9.53 Å². The van der Waals surface area contributed by atoms with Crippen LogP contribution in [0, 0.1) is 0 Å². The van der Waals surface area contributed by atoms with Crippen molar-refractivity contribution in [1.82, 2.24) is 9.88 Å². The number of pyridine rings is 1. The Kier molecular flexibility index (Phi) is 5.59. The summed E-state index contributed by atoms with van der Waals surface area (Å²) in [5.74, 6) is -0.263. The molecular formula is C22H22N2O4. The average Bonchev–Trinajstić information content (AvgIpc) is 2.72. The Hall–Kier alpha value is -3.41. The van der Waals surface area contributed by atoms with Crippen molar-refractivity contribution < 1.29 is 19.1 Å². The number of hydrogen-bond donors (Lipinski definition) is 0. The minimum Gasteiger partial charge on any atom is -0.497 e. The van der Waals surface area contributed by atoms with Crippen LogP contribution in [0.3, 0.4) is 0 Å². The molecule has 28 heavy (non-hydrogen) atoms. The molecule has 6 heteroatoms. The van der Waals surface area contributed by atoms with E-state index in [1.54, 1.807) is 52.4 Å². The smallest absolute Gasteiger partial charge is 0.339 e. The summed E-state index contributed by atoms with van der Waals surface area (Å²) in [5.41, 5.74) is 2.50. The summed E-state index contributed by atoms with van der Waals surface area (Å²) >= 11 is 0. The second kappa shape index (κ2) is 8.08. The highest BCUT2D eigenvalue weighted by Crippen LogP contribution is 2.28. The number of hydrogen-bond acceptors (Lipinski definition) is 5. The number of carbonyl (C=O) groups is 2. The molecular weight excluding hydrogens is 356 g/mol. The van der Waals surface area contributed by atoms with Gasteiger partial charge >= 0.3 is 5.97 Å². The number of ether oxygens (including phenoxy) is 2. The van der Waals surface area contributed by atoms with Crippen LogP contribution in [0.15, 0.2) is 54.6 Å². The Bertz CT molecular complexity index is 1020. The second-order valence-electron chi connectivity index (χ2n) is 6.58. The van der Waals surface area contributed by atoms with Gasteiger partial charge in [-0.05, 0) is 31.2 Å². The molecule has 0 aliphatic heterocycles. The summed E-state index contributed by atoms with van der Waals surface area (Å²) in [6.07, 6.45) is -0.892. The van der Waals surface area contributed by atoms with E-state index in [0.717, 1.165) is 5.56 Å². The van der Waals surface area contributed by atoms with Gasteiger partial charge in [0.05, 0.1) is 23.9 Å². The largest absolute Gasteiger partial charge is 0.497 e. The lowest BCUT2D eigenvalue weighted by Crippen LogP contribution is -2.35. The highest BCUT2D eigenvalue weighted by Gasteiger charge is 2.23. The van der Waals surface area contributed by atoms with Gasteiger partial charge in [-0.25, -0.2) is 9.78 Å². The van der Waals surface area contributed by atoms with Gasteiger partial charge < -0.3 is 14.4 Å². The van der Waals surface area contributed by atoms with Crippen LogP contribution in [0.4, 0.5) is 0 Å². The van der Waals surface area contributed by atoms with E-state index in [2.05, 4.69) is 4.98 Å². The third-order valence-corrected chi connectivity index (χ3v) is 4.38. The zero-order chi connectivity index (χ0) is 20.3. The number of esters is 1. The molecule has 0 saturated heterocycles. The fraction of sp³-hybridized carbons (Fsp3) is 0.227. The van der Waals surface area contributed by atoms with Crippen molar-refractivity contribution in [2.75, 3.05) is 21.2 Å². The van der Waals surface area contributed by atoms with Crippen molar-refractivity contribution in [2.24, 2.45) is 0 Å². The number of rotatable bonds is 5. The van der Waals surface area contributed by atoms with Crippen molar-refractivity contribution in [3.05, 3.63) is 60.2 Å². The predicted molar refractivity (Wildman–Crippen MR) is 107 cm³/mol. The Morgan fingerprint density at radius 2 is 1.75 bits per heavy atom. The summed E-state index contributed by atoms with van der Waals surface area (Å²) in [7, 11) is 4.79. The molecule has 0 unspecified atom stereocenters. The molecule has 3 rings (SSSR count). The quantitative estimate of drug-likeness (QED) is 0.635. The summed E-state index contributed by atoms with van der Waals surface area (Å²) in [6, 6.07) is 16.6. The first-order chi connectivity index (χ1) is 13.4. The summed E-state index contributed by atoms with van der Waals surface area (Å²) in [5, 5.41) is 0.605. The van der Waals surface area contributed by atoms with Crippen LogP contribution >= 0.6 is 0 Å². The summed E-state index contributed by atoms with van der Waals surface area (Å²) < 4.78 is 10.7. The standard InChI is InChI=1S/C22H22N2O4/c1-14(21(25)24(2)3)28-22(26)18-13-20(15-8-6-5-7-9-15)23-19-11-10-16(27-4)12-17(18)19/h5-14H,1-4H3/t14-/m1/s1. The Morgan fingerprint density at radius 3 is 2.39 bits per heavy atom. The first-order valence-electron chi connectivity index (χ1n) is 8.87. The van der Waals surface area contributed by atoms with Crippen LogP contribution in [0.1, 0.15) is 17.3 Å². The first kappa shape index (κ1) is 19.4. The van der Waals surface area contributed by atoms with Crippen LogP contribution in [0.5, 0.6) is 5.75 Å². The van der Waals surface area contributed by atoms with Gasteiger partial charge in [0.15, 0.2) is 6.10 Å². The molecule has 6 nitrogen and oxygen atoms in total. The molecule has 0 saturated carbocycles. The maximum Gasteiger partial charge on any atom is 0.339 e. The molecule has 3 aromatic rings. The third kappa shape index (κ3) is 3.96. The maximum absolute atomic E-state index is 12.9. The molecule has 1 heterocycles. The molecule has 1 atom stereocenters. The van der Waals surface area contributed by atoms with E-state index in [0.29, 0.717) is 27.9 Å². The monoisotopic (exact) mass is 378 g/mol. The molecule has 1 aromatic heterocycles. The van der Waals surface area contributed by atoms with Crippen LogP contribution in [0.25, 0.3) is 22.2 Å². The predicted octanol–water partition coefficient (Wildman–Crippen LogP) is 3.54. The number of benzene rings is 2. The molecule has 144 valence electrons. The van der Waals surface area contributed by atoms with Crippen molar-refractivity contribution in [2.45, 2.75) is 13.0 Å². The van der Waals surface area contributed by atoms with E-state index >= 15 is 0 Å². The normalized spacial score (nSPS) is 11.7. The van der Waals surface area contributed by atoms with Gasteiger partial charge in [-0.2, -0.15) is 0 Å². The van der Waals surface area contributed by atoms with Crippen molar-refractivity contribution in [3.63, 3.8) is 0 Å². The van der Waals surface area contributed by atoms with Crippen molar-refractivity contribution >= 4 is 22.8 Å². The molecule has 1 amide bonds. The lowest BCUT2D eigenvalue weighted by atomic mass is 10.0. The van der Waals surface area contributed by atoms with E-state index in [1.165, 1.54) is 4.90 Å². The Labute approximate surface area is 163 Å². The van der Waals surface area contributed by atoms with Gasteiger partial charge in [-0.1, -0.05) is 30.3 Å². The van der Waals surface area contributed by atoms with Gasteiger partial charge in [0.2, 0.25) is 0 Å². The van der Waals surface area contributed by atoms with Gasteiger partial charge in [0.1, 0.15) is 5.75 Å². The van der Waals surface area contributed by atoms with Crippen molar-refractivity contribution in [1.29, 1.82) is 0 Å². The highest BCUT2D eigenvalue weighted by molar-refractivity contribution is 6.05. The van der Waals surface area contributed by atoms with Crippen molar-refractivity contribution in [3.8, 4) is 17.0 Å². The topological polar surface area (TPSA) is 68.7 Å². The molecule has 2 aromatic carbocycles. The van der Waals surface area contributed by atoms with Gasteiger partial charge in [-0.3, -0.25) is 4.79 Å². The molecule has 0 radical (unpaired) electrons. The first-order valence-corrected chi connectivity index (χ1v) is 8.87. The molecule has 0 bridgehead atoms. The van der Waals surface area contributed by atoms with E-state index in [4.69, 9.17) is 9.47 Å². The number of amides is 1. The second-order valence-corrected chi connectivity index (χ2v) is 6.58. The van der Waals surface area contributed by atoms with E-state index in [-0.39, 0.29) is 5.91 Å². The van der Waals surface area contributed by atoms with Gasteiger partial charge in [-0.15, -0.1) is 0 Å². The molecule has 0 aliphatic rings. The maximum atomic E-state index is 12.9. The van der Waals surface area contributed by atoms with Crippen LogP contribution in [0.2, 0.25) is 0 Å². The lowest BCUT2D eigenvalue weighted by Gasteiger charge is -2.18. The summed E-state index contributed by atoms with van der Waals surface area (Å²) in [6.45, 7) is 1.56. The molecule has 0 aliphatic carbocycles. The van der Waals surface area contributed by atoms with E-state index in [1.807, 2.05) is 30.3 Å². The molecule has 0 N–H and O–H groups in total. The minimum atomic E-state index is -0.892. The fourth-order valence-corrected chi connectivity index (χ4v) is 2.90. The van der Waals surface area contributed by atoms with Crippen LogP contribution < -0.4 is 4.74 Å².